The number of rotatable bonds is 6. The highest BCUT2D eigenvalue weighted by Crippen LogP contribution is 2.26. The zero-order valence-corrected chi connectivity index (χ0v) is 18.2. The number of nitrogens with zero attached hydrogens (tertiary/aromatic N) is 1. The van der Waals surface area contributed by atoms with Crippen LogP contribution >= 0.6 is 23.2 Å². The van der Waals surface area contributed by atoms with Crippen molar-refractivity contribution in [1.29, 1.82) is 0 Å². The third-order valence-corrected chi connectivity index (χ3v) is 7.15. The van der Waals surface area contributed by atoms with Crippen LogP contribution in [0, 0.1) is 0 Å². The van der Waals surface area contributed by atoms with Crippen LogP contribution in [0.15, 0.2) is 47.4 Å². The second-order valence-corrected chi connectivity index (χ2v) is 9.65. The van der Waals surface area contributed by atoms with Gasteiger partial charge in [-0.25, -0.2) is 8.42 Å². The van der Waals surface area contributed by atoms with Crippen LogP contribution in [0.4, 0.5) is 11.4 Å². The van der Waals surface area contributed by atoms with E-state index in [-0.39, 0.29) is 17.3 Å². The zero-order valence-electron chi connectivity index (χ0n) is 15.8. The van der Waals surface area contributed by atoms with Crippen LogP contribution in [0.1, 0.15) is 25.7 Å². The molecule has 2 aromatic rings. The summed E-state index contributed by atoms with van der Waals surface area (Å²) in [6, 6.07) is 11.3. The Kier molecular flexibility index (Phi) is 7.40. The molecule has 3 rings (SSSR count). The molecule has 2 N–H and O–H groups in total. The van der Waals surface area contributed by atoms with Gasteiger partial charge in [0.15, 0.2) is 0 Å². The maximum Gasteiger partial charge on any atom is 0.243 e. The molecule has 0 atom stereocenters. The largest absolute Gasteiger partial charge is 0.376 e. The quantitative estimate of drug-likeness (QED) is 0.666. The molecule has 6 nitrogen and oxygen atoms in total. The third kappa shape index (κ3) is 5.85. The number of nitrogens with one attached hydrogen (secondary N) is 2. The van der Waals surface area contributed by atoms with Gasteiger partial charge < -0.3 is 10.6 Å². The number of halogens is 2. The Balaban J connectivity index is 1.65. The number of amides is 1. The highest BCUT2D eigenvalue weighted by atomic mass is 35.5. The molecular formula is C20H23Cl2N3O3S. The fourth-order valence-electron chi connectivity index (χ4n) is 3.17. The van der Waals surface area contributed by atoms with Crippen LogP contribution in [-0.4, -0.2) is 38.3 Å². The van der Waals surface area contributed by atoms with Crippen LogP contribution in [0.5, 0.6) is 0 Å². The van der Waals surface area contributed by atoms with Crippen molar-refractivity contribution < 1.29 is 13.2 Å². The smallest absolute Gasteiger partial charge is 0.243 e. The topological polar surface area (TPSA) is 78.5 Å². The first-order valence-corrected chi connectivity index (χ1v) is 11.6. The molecular weight excluding hydrogens is 433 g/mol. The summed E-state index contributed by atoms with van der Waals surface area (Å²) in [5.41, 5.74) is 0.969. The summed E-state index contributed by atoms with van der Waals surface area (Å²) in [6.07, 6.45) is 3.87. The summed E-state index contributed by atoms with van der Waals surface area (Å²) in [4.78, 5) is 12.4. The summed E-state index contributed by atoms with van der Waals surface area (Å²) >= 11 is 12.0. The summed E-state index contributed by atoms with van der Waals surface area (Å²) in [5, 5.41) is 6.48. The molecule has 2 aromatic carbocycles. The summed E-state index contributed by atoms with van der Waals surface area (Å²) in [5.74, 6) is -0.324. The van der Waals surface area contributed by atoms with E-state index in [4.69, 9.17) is 23.2 Å². The molecule has 9 heteroatoms. The molecule has 0 bridgehead atoms. The van der Waals surface area contributed by atoms with Crippen LogP contribution in [0.25, 0.3) is 0 Å². The molecule has 0 spiro atoms. The van der Waals surface area contributed by atoms with E-state index in [1.165, 1.54) is 0 Å². The number of sulfonamides is 1. The van der Waals surface area contributed by atoms with Crippen LogP contribution in [-0.2, 0) is 14.8 Å². The van der Waals surface area contributed by atoms with Crippen molar-refractivity contribution >= 4 is 50.5 Å². The van der Waals surface area contributed by atoms with Gasteiger partial charge >= 0.3 is 0 Å². The third-order valence-electron chi connectivity index (χ3n) is 4.69. The Labute approximate surface area is 181 Å². The number of benzene rings is 2. The molecule has 0 unspecified atom stereocenters. The van der Waals surface area contributed by atoms with Crippen molar-refractivity contribution in [3.8, 4) is 0 Å². The fraction of sp³-hybridized carbons (Fsp3) is 0.350. The molecule has 1 saturated heterocycles. The SMILES string of the molecule is O=C(CNc1cccc(S(=O)(=O)N2CCCCCC2)c1)Nc1cc(Cl)ccc1Cl. The molecule has 1 amide bonds. The molecule has 0 aliphatic carbocycles. The van der Waals surface area contributed by atoms with E-state index in [2.05, 4.69) is 10.6 Å². The monoisotopic (exact) mass is 455 g/mol. The minimum Gasteiger partial charge on any atom is -0.376 e. The Bertz CT molecular complexity index is 975. The molecule has 1 heterocycles. The molecule has 156 valence electrons. The van der Waals surface area contributed by atoms with Gasteiger partial charge in [0.05, 0.1) is 22.2 Å². The van der Waals surface area contributed by atoms with Crippen molar-refractivity contribution in [1.82, 2.24) is 4.31 Å². The van der Waals surface area contributed by atoms with Crippen LogP contribution in [0.3, 0.4) is 0 Å². The predicted octanol–water partition coefficient (Wildman–Crippen LogP) is 4.61. The normalized spacial score (nSPS) is 15.5. The van der Waals surface area contributed by atoms with E-state index in [0.29, 0.717) is 34.5 Å². The van der Waals surface area contributed by atoms with Crippen molar-refractivity contribution in [3.05, 3.63) is 52.5 Å². The Morgan fingerprint density at radius 3 is 2.45 bits per heavy atom. The fourth-order valence-corrected chi connectivity index (χ4v) is 5.07. The van der Waals surface area contributed by atoms with Crippen molar-refractivity contribution in [2.45, 2.75) is 30.6 Å². The lowest BCUT2D eigenvalue weighted by Crippen LogP contribution is -2.32. The molecule has 29 heavy (non-hydrogen) atoms. The van der Waals surface area contributed by atoms with Crippen molar-refractivity contribution in [2.24, 2.45) is 0 Å². The van der Waals surface area contributed by atoms with Gasteiger partial charge in [-0.15, -0.1) is 0 Å². The van der Waals surface area contributed by atoms with E-state index in [1.807, 2.05) is 0 Å². The molecule has 0 radical (unpaired) electrons. The second-order valence-electron chi connectivity index (χ2n) is 6.87. The zero-order chi connectivity index (χ0) is 20.9. The number of anilines is 2. The number of carbonyl (C=O) groups excluding carboxylic acids is 1. The Morgan fingerprint density at radius 1 is 1.00 bits per heavy atom. The maximum absolute atomic E-state index is 12.9. The molecule has 1 aliphatic heterocycles. The lowest BCUT2D eigenvalue weighted by Gasteiger charge is -2.20. The summed E-state index contributed by atoms with van der Waals surface area (Å²) < 4.78 is 27.4. The predicted molar refractivity (Wildman–Crippen MR) is 117 cm³/mol. The highest BCUT2D eigenvalue weighted by Gasteiger charge is 2.25. The van der Waals surface area contributed by atoms with Gasteiger partial charge in [0.2, 0.25) is 15.9 Å². The number of hydrogen-bond acceptors (Lipinski definition) is 4. The van der Waals surface area contributed by atoms with Gasteiger partial charge in [-0.1, -0.05) is 42.1 Å². The molecule has 0 aromatic heterocycles. The van der Waals surface area contributed by atoms with E-state index in [9.17, 15) is 13.2 Å². The van der Waals surface area contributed by atoms with E-state index < -0.39 is 10.0 Å². The van der Waals surface area contributed by atoms with Crippen molar-refractivity contribution in [3.63, 3.8) is 0 Å². The lowest BCUT2D eigenvalue weighted by molar-refractivity contribution is -0.114. The van der Waals surface area contributed by atoms with Gasteiger partial charge in [-0.2, -0.15) is 4.31 Å². The first kappa shape index (κ1) is 21.9. The van der Waals surface area contributed by atoms with Crippen LogP contribution < -0.4 is 10.6 Å². The Hall–Kier alpha value is -1.80. The maximum atomic E-state index is 12.9. The number of carbonyl (C=O) groups is 1. The Morgan fingerprint density at radius 2 is 1.72 bits per heavy atom. The van der Waals surface area contributed by atoms with Crippen LogP contribution in [0.2, 0.25) is 10.0 Å². The number of hydrogen-bond donors (Lipinski definition) is 2. The second kappa shape index (κ2) is 9.80. The average molecular weight is 456 g/mol. The van der Waals surface area contributed by atoms with E-state index in [1.54, 1.807) is 46.8 Å². The standard InChI is InChI=1S/C20H23Cl2N3O3S/c21-15-8-9-18(22)19(12-15)24-20(26)14-23-16-6-5-7-17(13-16)29(27,28)25-10-3-1-2-4-11-25/h5-9,12-13,23H,1-4,10-11,14H2,(H,24,26). The average Bonchev–Trinajstić information content (AvgIpc) is 2.99. The van der Waals surface area contributed by atoms with Gasteiger partial charge in [0.1, 0.15) is 0 Å². The van der Waals surface area contributed by atoms with E-state index >= 15 is 0 Å². The molecule has 1 fully saturated rings. The molecule has 1 aliphatic rings. The van der Waals surface area contributed by atoms with Gasteiger partial charge in [-0.05, 0) is 49.2 Å². The van der Waals surface area contributed by atoms with Gasteiger partial charge in [-0.3, -0.25) is 4.79 Å². The highest BCUT2D eigenvalue weighted by molar-refractivity contribution is 7.89. The van der Waals surface area contributed by atoms with E-state index in [0.717, 1.165) is 25.7 Å². The summed E-state index contributed by atoms with van der Waals surface area (Å²) in [7, 11) is -3.54. The first-order valence-electron chi connectivity index (χ1n) is 9.45. The van der Waals surface area contributed by atoms with Crippen molar-refractivity contribution in [2.75, 3.05) is 30.3 Å². The minimum atomic E-state index is -3.54. The van der Waals surface area contributed by atoms with Gasteiger partial charge in [0, 0.05) is 23.8 Å². The lowest BCUT2D eigenvalue weighted by atomic mass is 10.2. The molecule has 0 saturated carbocycles. The summed E-state index contributed by atoms with van der Waals surface area (Å²) in [6.45, 7) is 1.04. The first-order chi connectivity index (χ1) is 13.9. The van der Waals surface area contributed by atoms with Gasteiger partial charge in [0.25, 0.3) is 0 Å². The minimum absolute atomic E-state index is 0.0456.